The summed E-state index contributed by atoms with van der Waals surface area (Å²) in [5.74, 6) is 0.628. The van der Waals surface area contributed by atoms with Crippen LogP contribution in [-0.4, -0.2) is 32.1 Å². The summed E-state index contributed by atoms with van der Waals surface area (Å²) in [5, 5.41) is 16.7. The number of carbonyl (C=O) groups is 1. The van der Waals surface area contributed by atoms with Gasteiger partial charge in [-0.1, -0.05) is 23.4 Å². The molecule has 8 nitrogen and oxygen atoms in total. The summed E-state index contributed by atoms with van der Waals surface area (Å²) in [6.45, 7) is 4.96. The number of nitrogens with zero attached hydrogens (tertiary/aromatic N) is 4. The molecule has 1 N–H and O–H groups in total. The summed E-state index contributed by atoms with van der Waals surface area (Å²) in [6, 6.07) is 20.3. The second-order valence-corrected chi connectivity index (χ2v) is 7.94. The molecule has 8 heteroatoms. The standard InChI is InChI=1S/C25H26N4O4/c1-18(2)29(22-11-9-19(10-12-22)23-8-5-13-32-23)14-20-6-3-4-7-24(20)33-17-21-15-28(27-26-21)16-25(30)31/h3-13,15,18H,14,16-17H2,1-2H3,(H,30,31). The van der Waals surface area contributed by atoms with E-state index >= 15 is 0 Å². The lowest BCUT2D eigenvalue weighted by atomic mass is 10.1. The van der Waals surface area contributed by atoms with E-state index in [1.54, 1.807) is 12.5 Å². The Morgan fingerprint density at radius 3 is 2.61 bits per heavy atom. The van der Waals surface area contributed by atoms with Crippen LogP contribution in [-0.2, 0) is 24.5 Å². The van der Waals surface area contributed by atoms with Gasteiger partial charge in [0.1, 0.15) is 30.4 Å². The van der Waals surface area contributed by atoms with E-state index < -0.39 is 5.97 Å². The van der Waals surface area contributed by atoms with E-state index in [4.69, 9.17) is 14.3 Å². The molecule has 0 aliphatic heterocycles. The number of para-hydroxylation sites is 1. The van der Waals surface area contributed by atoms with Gasteiger partial charge in [0.25, 0.3) is 0 Å². The smallest absolute Gasteiger partial charge is 0.325 e. The highest BCUT2D eigenvalue weighted by Crippen LogP contribution is 2.28. The molecule has 0 fully saturated rings. The third-order valence-electron chi connectivity index (χ3n) is 5.20. The van der Waals surface area contributed by atoms with Crippen LogP contribution in [0.15, 0.2) is 77.5 Å². The highest BCUT2D eigenvalue weighted by molar-refractivity contribution is 5.66. The number of benzene rings is 2. The Morgan fingerprint density at radius 2 is 1.91 bits per heavy atom. The van der Waals surface area contributed by atoms with E-state index in [-0.39, 0.29) is 19.2 Å². The lowest BCUT2D eigenvalue weighted by Gasteiger charge is -2.30. The fraction of sp³-hybridized carbons (Fsp3) is 0.240. The van der Waals surface area contributed by atoms with Crippen molar-refractivity contribution in [1.29, 1.82) is 0 Å². The van der Waals surface area contributed by atoms with Gasteiger partial charge in [-0.2, -0.15) is 0 Å². The van der Waals surface area contributed by atoms with E-state index in [2.05, 4.69) is 53.3 Å². The van der Waals surface area contributed by atoms with Gasteiger partial charge < -0.3 is 19.2 Å². The molecule has 0 saturated heterocycles. The zero-order chi connectivity index (χ0) is 23.2. The van der Waals surface area contributed by atoms with Crippen LogP contribution in [0.25, 0.3) is 11.3 Å². The van der Waals surface area contributed by atoms with Gasteiger partial charge in [0.05, 0.1) is 12.5 Å². The first-order valence-electron chi connectivity index (χ1n) is 10.7. The number of furan rings is 1. The molecule has 0 spiro atoms. The molecule has 170 valence electrons. The first kappa shape index (κ1) is 22.1. The molecule has 0 aliphatic carbocycles. The van der Waals surface area contributed by atoms with Crippen LogP contribution in [0.2, 0.25) is 0 Å². The fourth-order valence-corrected chi connectivity index (χ4v) is 3.56. The number of hydrogen-bond donors (Lipinski definition) is 1. The maximum Gasteiger partial charge on any atom is 0.325 e. The van der Waals surface area contributed by atoms with Crippen LogP contribution in [0.4, 0.5) is 5.69 Å². The van der Waals surface area contributed by atoms with Gasteiger partial charge in [-0.25, -0.2) is 4.68 Å². The van der Waals surface area contributed by atoms with Crippen LogP contribution in [0.1, 0.15) is 25.1 Å². The maximum atomic E-state index is 10.8. The predicted molar refractivity (Wildman–Crippen MR) is 124 cm³/mol. The SMILES string of the molecule is CC(C)N(Cc1ccccc1OCc1cn(CC(=O)O)nn1)c1ccc(-c2ccco2)cc1. The Morgan fingerprint density at radius 1 is 1.12 bits per heavy atom. The molecule has 4 rings (SSSR count). The third kappa shape index (κ3) is 5.60. The van der Waals surface area contributed by atoms with Crippen molar-refractivity contribution in [2.45, 2.75) is 39.6 Å². The van der Waals surface area contributed by atoms with Crippen LogP contribution >= 0.6 is 0 Å². The molecule has 0 aliphatic rings. The van der Waals surface area contributed by atoms with E-state index in [1.807, 2.05) is 36.4 Å². The van der Waals surface area contributed by atoms with Gasteiger partial charge in [0.2, 0.25) is 0 Å². The second-order valence-electron chi connectivity index (χ2n) is 7.94. The lowest BCUT2D eigenvalue weighted by molar-refractivity contribution is -0.137. The molecule has 4 aromatic rings. The zero-order valence-corrected chi connectivity index (χ0v) is 18.6. The van der Waals surface area contributed by atoms with Gasteiger partial charge in [-0.05, 0) is 56.3 Å². The van der Waals surface area contributed by atoms with Crippen LogP contribution in [0.3, 0.4) is 0 Å². The zero-order valence-electron chi connectivity index (χ0n) is 18.6. The largest absolute Gasteiger partial charge is 0.487 e. The van der Waals surface area contributed by atoms with Gasteiger partial charge in [0.15, 0.2) is 0 Å². The highest BCUT2D eigenvalue weighted by Gasteiger charge is 2.15. The molecule has 0 radical (unpaired) electrons. The third-order valence-corrected chi connectivity index (χ3v) is 5.20. The Bertz CT molecular complexity index is 1180. The molecule has 2 aromatic heterocycles. The number of ether oxygens (including phenoxy) is 1. The normalized spacial score (nSPS) is 11.0. The van der Waals surface area contributed by atoms with E-state index in [0.29, 0.717) is 12.2 Å². The molecular weight excluding hydrogens is 420 g/mol. The van der Waals surface area contributed by atoms with Crippen LogP contribution in [0, 0.1) is 0 Å². The average molecular weight is 447 g/mol. The summed E-state index contributed by atoms with van der Waals surface area (Å²) in [6.07, 6.45) is 3.25. The Hall–Kier alpha value is -4.07. The summed E-state index contributed by atoms with van der Waals surface area (Å²) in [4.78, 5) is 13.1. The summed E-state index contributed by atoms with van der Waals surface area (Å²) in [7, 11) is 0. The second kappa shape index (κ2) is 10.0. The van der Waals surface area contributed by atoms with E-state index in [0.717, 1.165) is 28.3 Å². The lowest BCUT2D eigenvalue weighted by Crippen LogP contribution is -2.30. The number of carboxylic acids is 1. The van der Waals surface area contributed by atoms with Crippen molar-refractivity contribution < 1.29 is 19.1 Å². The van der Waals surface area contributed by atoms with Gasteiger partial charge in [-0.3, -0.25) is 4.79 Å². The van der Waals surface area contributed by atoms with E-state index in [1.165, 1.54) is 4.68 Å². The molecular formula is C25H26N4O4. The Labute approximate surface area is 192 Å². The number of aromatic nitrogens is 3. The van der Waals surface area contributed by atoms with Crippen molar-refractivity contribution in [3.8, 4) is 17.1 Å². The van der Waals surface area contributed by atoms with Crippen molar-refractivity contribution in [3.63, 3.8) is 0 Å². The molecule has 2 aromatic carbocycles. The first-order chi connectivity index (χ1) is 16.0. The molecule has 2 heterocycles. The van der Waals surface area contributed by atoms with E-state index in [9.17, 15) is 4.79 Å². The minimum Gasteiger partial charge on any atom is -0.487 e. The first-order valence-corrected chi connectivity index (χ1v) is 10.7. The Balaban J connectivity index is 1.48. The molecule has 0 atom stereocenters. The summed E-state index contributed by atoms with van der Waals surface area (Å²) in [5.41, 5.74) is 3.75. The average Bonchev–Trinajstić information content (AvgIpc) is 3.49. The summed E-state index contributed by atoms with van der Waals surface area (Å²) < 4.78 is 12.8. The topological polar surface area (TPSA) is 93.6 Å². The molecule has 0 unspecified atom stereocenters. The van der Waals surface area contributed by atoms with Crippen molar-refractivity contribution in [1.82, 2.24) is 15.0 Å². The minimum atomic E-state index is -0.969. The Kier molecular flexibility index (Phi) is 6.73. The highest BCUT2D eigenvalue weighted by atomic mass is 16.5. The number of hydrogen-bond acceptors (Lipinski definition) is 6. The van der Waals surface area contributed by atoms with Gasteiger partial charge in [-0.15, -0.1) is 5.10 Å². The minimum absolute atomic E-state index is 0.205. The number of anilines is 1. The summed E-state index contributed by atoms with van der Waals surface area (Å²) >= 11 is 0. The predicted octanol–water partition coefficient (Wildman–Crippen LogP) is 4.62. The van der Waals surface area contributed by atoms with Crippen molar-refractivity contribution in [3.05, 3.63) is 84.4 Å². The van der Waals surface area contributed by atoms with Crippen LogP contribution in [0.5, 0.6) is 5.75 Å². The monoisotopic (exact) mass is 446 g/mol. The van der Waals surface area contributed by atoms with Gasteiger partial charge in [0, 0.05) is 29.4 Å². The molecule has 0 amide bonds. The molecule has 33 heavy (non-hydrogen) atoms. The number of carboxylic acid groups (broad SMARTS) is 1. The van der Waals surface area contributed by atoms with Crippen LogP contribution < -0.4 is 9.64 Å². The van der Waals surface area contributed by atoms with Crippen molar-refractivity contribution in [2.24, 2.45) is 0 Å². The number of aliphatic carboxylic acids is 1. The van der Waals surface area contributed by atoms with Crippen molar-refractivity contribution >= 4 is 11.7 Å². The molecule has 0 saturated carbocycles. The fourth-order valence-electron chi connectivity index (χ4n) is 3.56. The quantitative estimate of drug-likeness (QED) is 0.380. The maximum absolute atomic E-state index is 10.8. The molecule has 0 bridgehead atoms. The van der Waals surface area contributed by atoms with Crippen molar-refractivity contribution in [2.75, 3.05) is 4.90 Å². The van der Waals surface area contributed by atoms with Gasteiger partial charge >= 0.3 is 5.97 Å². The number of rotatable bonds is 10.